The number of para-hydroxylation sites is 1. The number of carbonyl (C=O) groups is 2. The molecule has 4 aliphatic rings. The van der Waals surface area contributed by atoms with Crippen LogP contribution in [-0.2, 0) is 25.7 Å². The monoisotopic (exact) mass is 299 g/mol. The summed E-state index contributed by atoms with van der Waals surface area (Å²) in [7, 11) is 0. The second-order valence-corrected chi connectivity index (χ2v) is 6.14. The second kappa shape index (κ2) is 3.77. The highest BCUT2D eigenvalue weighted by Gasteiger charge is 2.72. The van der Waals surface area contributed by atoms with Gasteiger partial charge in [-0.1, -0.05) is 24.3 Å². The Labute approximate surface area is 125 Å². The van der Waals surface area contributed by atoms with Crippen LogP contribution in [0.5, 0.6) is 0 Å². The molecule has 0 radical (unpaired) electrons. The number of nitrogens with zero attached hydrogens (tertiary/aromatic N) is 1. The summed E-state index contributed by atoms with van der Waals surface area (Å²) in [5, 5.41) is 9.50. The van der Waals surface area contributed by atoms with Gasteiger partial charge in [-0.05, 0) is 12.1 Å². The van der Waals surface area contributed by atoms with Gasteiger partial charge in [-0.3, -0.25) is 14.5 Å². The maximum atomic E-state index is 13.0. The van der Waals surface area contributed by atoms with Gasteiger partial charge in [0.2, 0.25) is 5.91 Å². The van der Waals surface area contributed by atoms with Crippen molar-refractivity contribution in [2.75, 3.05) is 4.90 Å². The smallest absolute Gasteiger partial charge is 0.310 e. The van der Waals surface area contributed by atoms with Crippen LogP contribution in [0.1, 0.15) is 5.56 Å². The average molecular weight is 299 g/mol. The minimum absolute atomic E-state index is 0.226. The highest BCUT2D eigenvalue weighted by molar-refractivity contribution is 6.03. The number of aliphatic carboxylic acids is 1. The molecule has 112 valence electrons. The molecule has 1 aromatic carbocycles. The molecule has 0 aliphatic carbocycles. The third kappa shape index (κ3) is 1.20. The van der Waals surface area contributed by atoms with Gasteiger partial charge in [0.05, 0.1) is 24.3 Å². The molecule has 1 spiro atoms. The maximum absolute atomic E-state index is 13.0. The number of amides is 1. The molecular weight excluding hydrogens is 286 g/mol. The Hall–Kier alpha value is -2.18. The van der Waals surface area contributed by atoms with Gasteiger partial charge in [-0.25, -0.2) is 0 Å². The van der Waals surface area contributed by atoms with Crippen LogP contribution in [0, 0.1) is 11.8 Å². The van der Waals surface area contributed by atoms with E-state index in [1.54, 1.807) is 11.0 Å². The van der Waals surface area contributed by atoms with Crippen molar-refractivity contribution in [2.45, 2.75) is 24.5 Å². The van der Waals surface area contributed by atoms with Gasteiger partial charge in [0.1, 0.15) is 11.5 Å². The van der Waals surface area contributed by atoms with E-state index < -0.39 is 35.7 Å². The van der Waals surface area contributed by atoms with Gasteiger partial charge in [0.15, 0.2) is 6.23 Å². The lowest BCUT2D eigenvalue weighted by Crippen LogP contribution is -2.49. The Morgan fingerprint density at radius 2 is 2.18 bits per heavy atom. The van der Waals surface area contributed by atoms with Crippen LogP contribution in [0.25, 0.3) is 0 Å². The normalized spacial score (nSPS) is 40.5. The molecule has 6 nitrogen and oxygen atoms in total. The van der Waals surface area contributed by atoms with E-state index in [1.807, 2.05) is 30.3 Å². The third-order valence-electron chi connectivity index (χ3n) is 5.14. The number of carboxylic acids is 1. The number of ether oxygens (including phenoxy) is 2. The molecule has 5 atom stereocenters. The summed E-state index contributed by atoms with van der Waals surface area (Å²) in [6.45, 7) is 0.388. The van der Waals surface area contributed by atoms with E-state index in [4.69, 9.17) is 9.47 Å². The molecule has 1 aromatic rings. The summed E-state index contributed by atoms with van der Waals surface area (Å²) in [5.74, 6) is -2.80. The second-order valence-electron chi connectivity index (χ2n) is 6.14. The molecule has 2 bridgehead atoms. The van der Waals surface area contributed by atoms with Crippen molar-refractivity contribution in [3.8, 4) is 0 Å². The third-order valence-corrected chi connectivity index (χ3v) is 5.14. The predicted molar refractivity (Wildman–Crippen MR) is 73.9 cm³/mol. The molecule has 4 aliphatic heterocycles. The fourth-order valence-electron chi connectivity index (χ4n) is 4.28. The lowest BCUT2D eigenvalue weighted by atomic mass is 9.76. The van der Waals surface area contributed by atoms with Gasteiger partial charge >= 0.3 is 5.97 Å². The minimum atomic E-state index is -0.997. The topological polar surface area (TPSA) is 76.1 Å². The molecule has 2 saturated heterocycles. The molecule has 0 aromatic heterocycles. The molecule has 6 heteroatoms. The average Bonchev–Trinajstić information content (AvgIpc) is 3.16. The highest BCUT2D eigenvalue weighted by Crippen LogP contribution is 2.57. The van der Waals surface area contributed by atoms with Crippen molar-refractivity contribution >= 4 is 17.6 Å². The number of anilines is 1. The SMILES string of the molecule is O=C(O)[C@H]1[C@H]2C(=O)N3c4ccccc4CO[C@H]3[C@]23C=C[C@H]1O3. The fraction of sp³-hybridized carbons (Fsp3) is 0.375. The first-order chi connectivity index (χ1) is 10.6. The van der Waals surface area contributed by atoms with Crippen LogP contribution < -0.4 is 4.90 Å². The van der Waals surface area contributed by atoms with E-state index in [9.17, 15) is 14.7 Å². The van der Waals surface area contributed by atoms with E-state index >= 15 is 0 Å². The molecular formula is C16H13NO5. The number of fused-ring (bicyclic) bond motifs is 4. The summed E-state index contributed by atoms with van der Waals surface area (Å²) in [5.41, 5.74) is 0.740. The van der Waals surface area contributed by atoms with E-state index in [0.29, 0.717) is 6.61 Å². The predicted octanol–water partition coefficient (Wildman–Crippen LogP) is 0.914. The molecule has 0 saturated carbocycles. The quantitative estimate of drug-likeness (QED) is 0.780. The Bertz CT molecular complexity index is 744. The Kier molecular flexibility index (Phi) is 2.12. The number of hydrogen-bond acceptors (Lipinski definition) is 4. The molecule has 1 N–H and O–H groups in total. The van der Waals surface area contributed by atoms with Gasteiger partial charge in [0.25, 0.3) is 0 Å². The number of carbonyl (C=O) groups excluding carboxylic acids is 1. The van der Waals surface area contributed by atoms with E-state index in [2.05, 4.69) is 0 Å². The van der Waals surface area contributed by atoms with Crippen LogP contribution in [0.15, 0.2) is 36.4 Å². The molecule has 1 amide bonds. The lowest BCUT2D eigenvalue weighted by molar-refractivity contribution is -0.146. The van der Waals surface area contributed by atoms with Crippen LogP contribution in [0.3, 0.4) is 0 Å². The highest BCUT2D eigenvalue weighted by atomic mass is 16.6. The standard InChI is InChI=1S/C16H13NO5/c18-13-12-11(14(19)20)10-5-6-16(12,22-10)15-17(13)9-4-2-1-3-8(9)7-21-15/h1-6,10-12,15H,7H2,(H,19,20)/t10-,11-,12+,15+,16+/m1/s1. The van der Waals surface area contributed by atoms with Crippen molar-refractivity contribution in [1.29, 1.82) is 0 Å². The Morgan fingerprint density at radius 1 is 1.36 bits per heavy atom. The van der Waals surface area contributed by atoms with Gasteiger partial charge in [0, 0.05) is 5.56 Å². The van der Waals surface area contributed by atoms with Gasteiger partial charge < -0.3 is 14.6 Å². The maximum Gasteiger partial charge on any atom is 0.310 e. The van der Waals surface area contributed by atoms with E-state index in [-0.39, 0.29) is 5.91 Å². The van der Waals surface area contributed by atoms with E-state index in [0.717, 1.165) is 11.3 Å². The first-order valence-electron chi connectivity index (χ1n) is 7.26. The fourth-order valence-corrected chi connectivity index (χ4v) is 4.28. The van der Waals surface area contributed by atoms with Crippen LogP contribution in [0.2, 0.25) is 0 Å². The number of hydrogen-bond donors (Lipinski definition) is 1. The first kappa shape index (κ1) is 12.4. The van der Waals surface area contributed by atoms with Gasteiger partial charge in [-0.15, -0.1) is 0 Å². The molecule has 2 fully saturated rings. The van der Waals surface area contributed by atoms with Crippen LogP contribution in [-0.4, -0.2) is 34.9 Å². The van der Waals surface area contributed by atoms with Gasteiger partial charge in [-0.2, -0.15) is 0 Å². The number of carboxylic acid groups (broad SMARTS) is 1. The summed E-state index contributed by atoms with van der Waals surface area (Å²) >= 11 is 0. The van der Waals surface area contributed by atoms with Crippen molar-refractivity contribution in [1.82, 2.24) is 0 Å². The zero-order valence-corrected chi connectivity index (χ0v) is 11.5. The molecule has 22 heavy (non-hydrogen) atoms. The summed E-state index contributed by atoms with van der Waals surface area (Å²) < 4.78 is 11.8. The zero-order chi connectivity index (χ0) is 15.1. The van der Waals surface area contributed by atoms with Crippen molar-refractivity contribution in [2.24, 2.45) is 11.8 Å². The summed E-state index contributed by atoms with van der Waals surface area (Å²) in [4.78, 5) is 26.1. The summed E-state index contributed by atoms with van der Waals surface area (Å²) in [6, 6.07) is 7.53. The Morgan fingerprint density at radius 3 is 3.00 bits per heavy atom. The number of benzene rings is 1. The molecule has 5 rings (SSSR count). The molecule has 0 unspecified atom stereocenters. The Balaban J connectivity index is 1.69. The van der Waals surface area contributed by atoms with E-state index in [1.165, 1.54) is 0 Å². The largest absolute Gasteiger partial charge is 0.481 e. The van der Waals surface area contributed by atoms with Crippen LogP contribution in [0.4, 0.5) is 5.69 Å². The summed E-state index contributed by atoms with van der Waals surface area (Å²) in [6.07, 6.45) is 2.42. The van der Waals surface area contributed by atoms with Crippen molar-refractivity contribution < 1.29 is 24.2 Å². The molecule has 4 heterocycles. The lowest BCUT2D eigenvalue weighted by Gasteiger charge is -2.37. The first-order valence-corrected chi connectivity index (χ1v) is 7.26. The minimum Gasteiger partial charge on any atom is -0.481 e. The van der Waals surface area contributed by atoms with Crippen LogP contribution >= 0.6 is 0 Å². The van der Waals surface area contributed by atoms with Crippen molar-refractivity contribution in [3.63, 3.8) is 0 Å². The zero-order valence-electron chi connectivity index (χ0n) is 11.5. The number of rotatable bonds is 1. The van der Waals surface area contributed by atoms with Crippen molar-refractivity contribution in [3.05, 3.63) is 42.0 Å².